The average Bonchev–Trinajstić information content (AvgIpc) is 3.13. The normalized spacial score (nSPS) is 19.3. The molecule has 7 heteroatoms. The van der Waals surface area contributed by atoms with Gasteiger partial charge in [0.15, 0.2) is 0 Å². The van der Waals surface area contributed by atoms with Crippen LogP contribution in [0.2, 0.25) is 10.0 Å². The van der Waals surface area contributed by atoms with Crippen LogP contribution >= 0.6 is 35.0 Å². The number of thioether (sulfide) groups is 1. The van der Waals surface area contributed by atoms with E-state index in [1.807, 2.05) is 30.3 Å². The number of amides is 1. The summed E-state index contributed by atoms with van der Waals surface area (Å²) in [7, 11) is 1.33. The number of nitrogens with zero attached hydrogens (tertiary/aromatic N) is 1. The molecule has 1 amide bonds. The minimum Gasteiger partial charge on any atom is -0.467 e. The third-order valence-corrected chi connectivity index (χ3v) is 7.00. The maximum Gasteiger partial charge on any atom is 0.329 e. The van der Waals surface area contributed by atoms with Gasteiger partial charge in [0.2, 0.25) is 0 Å². The molecule has 2 atom stereocenters. The largest absolute Gasteiger partial charge is 0.467 e. The molecular weight excluding hydrogens is 429 g/mol. The van der Waals surface area contributed by atoms with Crippen LogP contribution < -0.4 is 0 Å². The zero-order valence-electron chi connectivity index (χ0n) is 16.7. The Kier molecular flexibility index (Phi) is 6.51. The number of esters is 1. The molecule has 4 nitrogen and oxygen atoms in total. The highest BCUT2D eigenvalue weighted by atomic mass is 35.5. The van der Waals surface area contributed by atoms with Crippen molar-refractivity contribution in [2.75, 3.05) is 12.9 Å². The summed E-state index contributed by atoms with van der Waals surface area (Å²) >= 11 is 13.7. The summed E-state index contributed by atoms with van der Waals surface area (Å²) in [6.45, 7) is 6.36. The number of halogens is 2. The van der Waals surface area contributed by atoms with Gasteiger partial charge in [-0.1, -0.05) is 62.2 Å². The van der Waals surface area contributed by atoms with Crippen molar-refractivity contribution in [3.8, 4) is 0 Å². The lowest BCUT2D eigenvalue weighted by Gasteiger charge is -2.29. The summed E-state index contributed by atoms with van der Waals surface area (Å²) in [4.78, 5) is 27.4. The minimum atomic E-state index is -0.667. The zero-order chi connectivity index (χ0) is 21.3. The van der Waals surface area contributed by atoms with Gasteiger partial charge in [-0.05, 0) is 40.8 Å². The molecule has 0 aliphatic carbocycles. The zero-order valence-corrected chi connectivity index (χ0v) is 19.1. The van der Waals surface area contributed by atoms with Crippen molar-refractivity contribution in [3.05, 3.63) is 69.2 Å². The fourth-order valence-electron chi connectivity index (χ4n) is 3.26. The quantitative estimate of drug-likeness (QED) is 0.559. The van der Waals surface area contributed by atoms with E-state index >= 15 is 0 Å². The molecule has 2 unspecified atom stereocenters. The number of carbonyl (C=O) groups excluding carboxylic acids is 2. The first-order valence-electron chi connectivity index (χ1n) is 9.21. The summed E-state index contributed by atoms with van der Waals surface area (Å²) in [6.07, 6.45) is 0. The van der Waals surface area contributed by atoms with Crippen molar-refractivity contribution in [1.29, 1.82) is 0 Å². The maximum atomic E-state index is 13.4. The van der Waals surface area contributed by atoms with Gasteiger partial charge >= 0.3 is 5.97 Å². The monoisotopic (exact) mass is 451 g/mol. The van der Waals surface area contributed by atoms with E-state index in [0.29, 0.717) is 21.4 Å². The Labute approximate surface area is 185 Å². The van der Waals surface area contributed by atoms with E-state index in [9.17, 15) is 9.59 Å². The van der Waals surface area contributed by atoms with E-state index in [1.165, 1.54) is 18.9 Å². The Hall–Kier alpha value is -1.69. The van der Waals surface area contributed by atoms with Crippen molar-refractivity contribution >= 4 is 46.8 Å². The summed E-state index contributed by atoms with van der Waals surface area (Å²) in [5.41, 5.74) is 2.47. The van der Waals surface area contributed by atoms with Crippen molar-refractivity contribution in [1.82, 2.24) is 4.90 Å². The molecule has 154 valence electrons. The van der Waals surface area contributed by atoms with Crippen molar-refractivity contribution < 1.29 is 14.3 Å². The highest BCUT2D eigenvalue weighted by molar-refractivity contribution is 7.99. The Morgan fingerprint density at radius 1 is 1.07 bits per heavy atom. The van der Waals surface area contributed by atoms with Crippen LogP contribution in [0.3, 0.4) is 0 Å². The SMILES string of the molecule is COC(=O)C1CSC(c2ccc(Cl)c(Cl)c2)N1C(=O)c1ccc(C(C)(C)C)cc1. The van der Waals surface area contributed by atoms with Gasteiger partial charge in [-0.25, -0.2) is 4.79 Å². The summed E-state index contributed by atoms with van der Waals surface area (Å²) in [5.74, 6) is -0.203. The Morgan fingerprint density at radius 3 is 2.28 bits per heavy atom. The van der Waals surface area contributed by atoms with Crippen LogP contribution in [0.4, 0.5) is 0 Å². The van der Waals surface area contributed by atoms with Gasteiger partial charge in [-0.2, -0.15) is 0 Å². The van der Waals surface area contributed by atoms with Gasteiger partial charge in [0.25, 0.3) is 5.91 Å². The molecule has 0 radical (unpaired) electrons. The van der Waals surface area contributed by atoms with Crippen molar-refractivity contribution in [2.45, 2.75) is 37.6 Å². The molecule has 0 saturated carbocycles. The van der Waals surface area contributed by atoms with Gasteiger partial charge in [-0.15, -0.1) is 11.8 Å². The molecule has 1 aliphatic rings. The van der Waals surface area contributed by atoms with E-state index in [0.717, 1.165) is 11.1 Å². The van der Waals surface area contributed by atoms with Gasteiger partial charge < -0.3 is 9.64 Å². The first-order valence-corrected chi connectivity index (χ1v) is 11.0. The molecular formula is C22H23Cl2NO3S. The fourth-order valence-corrected chi connectivity index (χ4v) is 4.97. The Bertz CT molecular complexity index is 925. The third-order valence-electron chi connectivity index (χ3n) is 4.93. The van der Waals surface area contributed by atoms with Gasteiger partial charge in [0, 0.05) is 11.3 Å². The van der Waals surface area contributed by atoms with E-state index < -0.39 is 12.0 Å². The topological polar surface area (TPSA) is 46.6 Å². The molecule has 2 aromatic carbocycles. The smallest absolute Gasteiger partial charge is 0.329 e. The lowest BCUT2D eigenvalue weighted by molar-refractivity contribution is -0.145. The summed E-state index contributed by atoms with van der Waals surface area (Å²) in [6, 6.07) is 12.1. The molecule has 3 rings (SSSR count). The highest BCUT2D eigenvalue weighted by Crippen LogP contribution is 2.43. The number of benzene rings is 2. The standard InChI is InChI=1S/C22H23Cl2NO3S/c1-22(2,3)15-8-5-13(6-9-15)19(26)25-18(21(27)28-4)12-29-20(25)14-7-10-16(23)17(24)11-14/h5-11,18,20H,12H2,1-4H3. The molecule has 0 spiro atoms. The van der Waals surface area contributed by atoms with Crippen LogP contribution in [0.1, 0.15) is 47.6 Å². The van der Waals surface area contributed by atoms with E-state index in [2.05, 4.69) is 20.8 Å². The summed E-state index contributed by atoms with van der Waals surface area (Å²) in [5, 5.41) is 0.496. The Morgan fingerprint density at radius 2 is 1.72 bits per heavy atom. The van der Waals surface area contributed by atoms with E-state index in [4.69, 9.17) is 27.9 Å². The molecule has 29 heavy (non-hydrogen) atoms. The predicted octanol–water partition coefficient (Wildman–Crippen LogP) is 5.72. The number of hydrogen-bond acceptors (Lipinski definition) is 4. The summed E-state index contributed by atoms with van der Waals surface area (Å²) < 4.78 is 4.95. The predicted molar refractivity (Wildman–Crippen MR) is 119 cm³/mol. The van der Waals surface area contributed by atoms with Crippen LogP contribution in [0.15, 0.2) is 42.5 Å². The van der Waals surface area contributed by atoms with Crippen molar-refractivity contribution in [2.24, 2.45) is 0 Å². The molecule has 0 aromatic heterocycles. The molecule has 1 heterocycles. The first kappa shape index (κ1) is 22.0. The molecule has 0 N–H and O–H groups in total. The number of rotatable bonds is 3. The average molecular weight is 452 g/mol. The number of ether oxygens (including phenoxy) is 1. The second-order valence-corrected chi connectivity index (χ2v) is 9.87. The lowest BCUT2D eigenvalue weighted by Crippen LogP contribution is -2.43. The van der Waals surface area contributed by atoms with Crippen LogP contribution in [-0.2, 0) is 14.9 Å². The molecule has 1 saturated heterocycles. The molecule has 0 bridgehead atoms. The Balaban J connectivity index is 1.98. The van der Waals surface area contributed by atoms with Crippen molar-refractivity contribution in [3.63, 3.8) is 0 Å². The fraction of sp³-hybridized carbons (Fsp3) is 0.364. The second kappa shape index (κ2) is 8.58. The number of methoxy groups -OCH3 is 1. The van der Waals surface area contributed by atoms with Crippen LogP contribution in [0.25, 0.3) is 0 Å². The first-order chi connectivity index (χ1) is 13.6. The molecule has 1 fully saturated rings. The number of carbonyl (C=O) groups is 2. The highest BCUT2D eigenvalue weighted by Gasteiger charge is 2.43. The number of hydrogen-bond donors (Lipinski definition) is 0. The van der Waals surface area contributed by atoms with E-state index in [-0.39, 0.29) is 16.7 Å². The van der Waals surface area contributed by atoms with Crippen LogP contribution in [0.5, 0.6) is 0 Å². The van der Waals surface area contributed by atoms with Gasteiger partial charge in [0.05, 0.1) is 17.2 Å². The van der Waals surface area contributed by atoms with Gasteiger partial charge in [0.1, 0.15) is 11.4 Å². The third kappa shape index (κ3) is 4.57. The molecule has 1 aliphatic heterocycles. The maximum absolute atomic E-state index is 13.4. The van der Waals surface area contributed by atoms with E-state index in [1.54, 1.807) is 17.0 Å². The minimum absolute atomic E-state index is 0.0117. The van der Waals surface area contributed by atoms with Gasteiger partial charge in [-0.3, -0.25) is 4.79 Å². The second-order valence-electron chi connectivity index (χ2n) is 7.94. The van der Waals surface area contributed by atoms with Crippen LogP contribution in [-0.4, -0.2) is 35.7 Å². The van der Waals surface area contributed by atoms with Crippen LogP contribution in [0, 0.1) is 0 Å². The lowest BCUT2D eigenvalue weighted by atomic mass is 9.86. The molecule has 2 aromatic rings.